The van der Waals surface area contributed by atoms with Crippen LogP contribution in [0, 0.1) is 0 Å². The fourth-order valence-electron chi connectivity index (χ4n) is 4.88. The number of amides is 1. The zero-order valence-corrected chi connectivity index (χ0v) is 18.3. The van der Waals surface area contributed by atoms with Crippen LogP contribution in [0.3, 0.4) is 0 Å². The van der Waals surface area contributed by atoms with Crippen LogP contribution < -0.4 is 9.64 Å². The lowest BCUT2D eigenvalue weighted by Gasteiger charge is -2.43. The number of aromatic nitrogens is 3. The molecule has 178 valence electrons. The lowest BCUT2D eigenvalue weighted by atomic mass is 10.0. The Labute approximate surface area is 189 Å². The van der Waals surface area contributed by atoms with Crippen LogP contribution in [0.25, 0.3) is 0 Å². The van der Waals surface area contributed by atoms with Crippen LogP contribution in [-0.4, -0.2) is 82.4 Å². The second-order valence-corrected chi connectivity index (χ2v) is 8.74. The van der Waals surface area contributed by atoms with Crippen molar-refractivity contribution in [3.8, 4) is 5.88 Å². The SMILES string of the molecule is O=C(c1cnn2c1OCCC2)N1CCC(N2CCN(c3ccc(C(F)(F)F)cn3)CC2)CC1. The normalized spacial score (nSPS) is 20.5. The van der Waals surface area contributed by atoms with Gasteiger partial charge in [0.05, 0.1) is 18.4 Å². The largest absolute Gasteiger partial charge is 0.477 e. The molecular weight excluding hydrogens is 437 g/mol. The van der Waals surface area contributed by atoms with Gasteiger partial charge in [-0.15, -0.1) is 0 Å². The Bertz CT molecular complexity index is 977. The molecule has 0 aromatic carbocycles. The number of piperidine rings is 1. The maximum Gasteiger partial charge on any atom is 0.417 e. The Balaban J connectivity index is 1.12. The Morgan fingerprint density at radius 2 is 1.76 bits per heavy atom. The van der Waals surface area contributed by atoms with Gasteiger partial charge in [-0.1, -0.05) is 0 Å². The number of fused-ring (bicyclic) bond motifs is 1. The van der Waals surface area contributed by atoms with Gasteiger partial charge in [0.1, 0.15) is 11.4 Å². The highest BCUT2D eigenvalue weighted by molar-refractivity contribution is 5.96. The number of aryl methyl sites for hydroxylation is 1. The number of hydrogen-bond acceptors (Lipinski definition) is 6. The van der Waals surface area contributed by atoms with Gasteiger partial charge in [0.15, 0.2) is 0 Å². The third-order valence-electron chi connectivity index (χ3n) is 6.76. The Kier molecular flexibility index (Phi) is 5.90. The zero-order chi connectivity index (χ0) is 23.0. The summed E-state index contributed by atoms with van der Waals surface area (Å²) in [5.74, 6) is 1.14. The summed E-state index contributed by atoms with van der Waals surface area (Å²) < 4.78 is 45.7. The van der Waals surface area contributed by atoms with E-state index in [1.807, 2.05) is 9.80 Å². The number of pyridine rings is 1. The fraction of sp³-hybridized carbons (Fsp3) is 0.591. The summed E-state index contributed by atoms with van der Waals surface area (Å²) >= 11 is 0. The molecule has 3 aliphatic rings. The molecule has 8 nitrogen and oxygen atoms in total. The van der Waals surface area contributed by atoms with Crippen molar-refractivity contribution in [3.05, 3.63) is 35.7 Å². The lowest BCUT2D eigenvalue weighted by Crippen LogP contribution is -2.54. The van der Waals surface area contributed by atoms with Gasteiger partial charge in [-0.3, -0.25) is 9.69 Å². The highest BCUT2D eigenvalue weighted by atomic mass is 19.4. The van der Waals surface area contributed by atoms with Crippen molar-refractivity contribution in [2.24, 2.45) is 0 Å². The minimum absolute atomic E-state index is 0.0187. The van der Waals surface area contributed by atoms with Crippen LogP contribution in [0.5, 0.6) is 5.88 Å². The predicted molar refractivity (Wildman–Crippen MR) is 114 cm³/mol. The molecule has 2 aromatic rings. The molecule has 0 N–H and O–H groups in total. The molecule has 0 bridgehead atoms. The average molecular weight is 464 g/mol. The minimum atomic E-state index is -4.37. The number of piperazine rings is 1. The first-order chi connectivity index (χ1) is 15.9. The number of alkyl halides is 3. The molecule has 0 atom stereocenters. The maximum atomic E-state index is 13.0. The minimum Gasteiger partial charge on any atom is -0.477 e. The molecule has 5 heterocycles. The van der Waals surface area contributed by atoms with Gasteiger partial charge in [0.2, 0.25) is 5.88 Å². The first-order valence-corrected chi connectivity index (χ1v) is 11.4. The molecule has 5 rings (SSSR count). The molecule has 11 heteroatoms. The summed E-state index contributed by atoms with van der Waals surface area (Å²) in [5.41, 5.74) is -0.180. The number of ether oxygens (including phenoxy) is 1. The number of hydrogen-bond donors (Lipinski definition) is 0. The van der Waals surface area contributed by atoms with Gasteiger partial charge in [0.25, 0.3) is 5.91 Å². The van der Waals surface area contributed by atoms with E-state index in [2.05, 4.69) is 15.0 Å². The number of carbonyl (C=O) groups excluding carboxylic acids is 1. The molecule has 0 saturated carbocycles. The first kappa shape index (κ1) is 22.0. The Hall–Kier alpha value is -2.82. The van der Waals surface area contributed by atoms with Gasteiger partial charge in [-0.2, -0.15) is 18.3 Å². The van der Waals surface area contributed by atoms with Crippen LogP contribution in [0.1, 0.15) is 35.2 Å². The van der Waals surface area contributed by atoms with Gasteiger partial charge in [-0.05, 0) is 25.0 Å². The van der Waals surface area contributed by atoms with Crippen molar-refractivity contribution < 1.29 is 22.7 Å². The van der Waals surface area contributed by atoms with Crippen LogP contribution in [0.4, 0.5) is 19.0 Å². The third kappa shape index (κ3) is 4.50. The Morgan fingerprint density at radius 1 is 1.00 bits per heavy atom. The molecule has 2 fully saturated rings. The predicted octanol–water partition coefficient (Wildman–Crippen LogP) is 2.51. The van der Waals surface area contributed by atoms with Crippen LogP contribution in [0.15, 0.2) is 24.5 Å². The molecule has 0 aliphatic carbocycles. The van der Waals surface area contributed by atoms with Gasteiger partial charge in [-0.25, -0.2) is 9.67 Å². The molecule has 2 aromatic heterocycles. The first-order valence-electron chi connectivity index (χ1n) is 11.4. The zero-order valence-electron chi connectivity index (χ0n) is 18.3. The number of likely N-dealkylation sites (tertiary alicyclic amines) is 1. The summed E-state index contributed by atoms with van der Waals surface area (Å²) in [7, 11) is 0. The van der Waals surface area contributed by atoms with E-state index in [4.69, 9.17) is 4.74 Å². The molecule has 0 radical (unpaired) electrons. The smallest absolute Gasteiger partial charge is 0.417 e. The van der Waals surface area contributed by atoms with E-state index in [9.17, 15) is 18.0 Å². The molecule has 0 unspecified atom stereocenters. The molecular formula is C22H27F3N6O2. The van der Waals surface area contributed by atoms with E-state index in [1.165, 1.54) is 6.07 Å². The number of halogens is 3. The van der Waals surface area contributed by atoms with Crippen molar-refractivity contribution in [2.75, 3.05) is 50.8 Å². The van der Waals surface area contributed by atoms with Gasteiger partial charge in [0, 0.05) is 64.5 Å². The molecule has 2 saturated heterocycles. The summed E-state index contributed by atoms with van der Waals surface area (Å²) in [5, 5.41) is 4.28. The number of anilines is 1. The average Bonchev–Trinajstić information content (AvgIpc) is 3.28. The Morgan fingerprint density at radius 3 is 2.42 bits per heavy atom. The fourth-order valence-corrected chi connectivity index (χ4v) is 4.88. The van der Waals surface area contributed by atoms with E-state index in [-0.39, 0.29) is 5.91 Å². The van der Waals surface area contributed by atoms with Crippen molar-refractivity contribution in [1.29, 1.82) is 0 Å². The monoisotopic (exact) mass is 464 g/mol. The lowest BCUT2D eigenvalue weighted by molar-refractivity contribution is -0.137. The standard InChI is InChI=1S/C22H27F3N6O2/c23-22(24,25)16-2-3-19(26-14-16)29-11-9-28(10-12-29)17-4-7-30(8-5-17)20(32)18-15-27-31-6-1-13-33-21(18)31/h2-3,14-15,17H,1,4-13H2. The van der Waals surface area contributed by atoms with Crippen LogP contribution in [0.2, 0.25) is 0 Å². The molecule has 3 aliphatic heterocycles. The summed E-state index contributed by atoms with van der Waals surface area (Å²) in [6.45, 7) is 5.86. The van der Waals surface area contributed by atoms with Crippen molar-refractivity contribution >= 4 is 11.7 Å². The highest BCUT2D eigenvalue weighted by Crippen LogP contribution is 2.30. The number of carbonyl (C=O) groups is 1. The van der Waals surface area contributed by atoms with Gasteiger partial charge >= 0.3 is 6.18 Å². The summed E-state index contributed by atoms with van der Waals surface area (Å²) in [6, 6.07) is 2.93. The quantitative estimate of drug-likeness (QED) is 0.696. The third-order valence-corrected chi connectivity index (χ3v) is 6.76. The van der Waals surface area contributed by atoms with Crippen LogP contribution in [-0.2, 0) is 12.7 Å². The van der Waals surface area contributed by atoms with E-state index in [0.29, 0.717) is 43.0 Å². The summed E-state index contributed by atoms with van der Waals surface area (Å²) in [6.07, 6.45) is 0.838. The van der Waals surface area contributed by atoms with Crippen molar-refractivity contribution in [1.82, 2.24) is 24.6 Å². The maximum absolute atomic E-state index is 13.0. The second-order valence-electron chi connectivity index (χ2n) is 8.74. The van der Waals surface area contributed by atoms with Crippen LogP contribution >= 0.6 is 0 Å². The number of nitrogens with zero attached hydrogens (tertiary/aromatic N) is 6. The number of rotatable bonds is 3. The summed E-state index contributed by atoms with van der Waals surface area (Å²) in [4.78, 5) is 23.3. The van der Waals surface area contributed by atoms with Crippen molar-refractivity contribution in [3.63, 3.8) is 0 Å². The highest BCUT2D eigenvalue weighted by Gasteiger charge is 2.33. The molecule has 0 spiro atoms. The van der Waals surface area contributed by atoms with E-state index in [0.717, 1.165) is 64.2 Å². The van der Waals surface area contributed by atoms with E-state index >= 15 is 0 Å². The topological polar surface area (TPSA) is 66.7 Å². The van der Waals surface area contributed by atoms with Gasteiger partial charge < -0.3 is 14.5 Å². The van der Waals surface area contributed by atoms with Crippen molar-refractivity contribution in [2.45, 2.75) is 38.0 Å². The second kappa shape index (κ2) is 8.85. The van der Waals surface area contributed by atoms with E-state index in [1.54, 1.807) is 10.9 Å². The molecule has 33 heavy (non-hydrogen) atoms. The van der Waals surface area contributed by atoms with E-state index < -0.39 is 11.7 Å². The molecule has 1 amide bonds.